The van der Waals surface area contributed by atoms with E-state index in [4.69, 9.17) is 23.7 Å². The Morgan fingerprint density at radius 2 is 1.09 bits per heavy atom. The zero-order valence-corrected chi connectivity index (χ0v) is 29.8. The summed E-state index contributed by atoms with van der Waals surface area (Å²) in [6.07, 6.45) is -12.4. The van der Waals surface area contributed by atoms with Crippen molar-refractivity contribution in [3.63, 3.8) is 0 Å². The zero-order chi connectivity index (χ0) is 40.7. The van der Waals surface area contributed by atoms with Crippen LogP contribution in [0.4, 0.5) is 0 Å². The molecule has 17 heteroatoms. The summed E-state index contributed by atoms with van der Waals surface area (Å²) in [5, 5.41) is 123. The molecule has 4 aromatic rings. The van der Waals surface area contributed by atoms with Gasteiger partial charge >= 0.3 is 0 Å². The second-order valence-electron chi connectivity index (χ2n) is 14.0. The Kier molecular flexibility index (Phi) is 11.5. The summed E-state index contributed by atoms with van der Waals surface area (Å²) in [4.78, 5) is 0. The van der Waals surface area contributed by atoms with Gasteiger partial charge in [-0.05, 0) is 65.2 Å². The van der Waals surface area contributed by atoms with E-state index in [1.54, 1.807) is 42.5 Å². The molecule has 17 nitrogen and oxygen atoms in total. The third-order valence-corrected chi connectivity index (χ3v) is 10.2. The number of fused-ring (bicyclic) bond motifs is 1. The Bertz CT molecular complexity index is 2050. The van der Waals surface area contributed by atoms with Crippen molar-refractivity contribution in [1.29, 1.82) is 0 Å². The van der Waals surface area contributed by atoms with Crippen molar-refractivity contribution < 1.29 is 85.0 Å². The number of phenolic OH excluding ortho intramolecular Hbond substituents is 4. The summed E-state index contributed by atoms with van der Waals surface area (Å²) < 4.78 is 28.5. The SMILES string of the molecule is OC[C@H]1O[C@@H](Oc2ccc(/C=C/c3cc(O)c4c(c3)O[C@@H](c3ccc(O[C@@H]5O[C@H](CO)[C@@H](O)[C@H](O)[C@H]5O)cc3O)[C@@H]4c3cc(O)cc(O)c3)cc2)[C@H](O)[C@@H](O)[C@@H]1O. The van der Waals surface area contributed by atoms with Gasteiger partial charge < -0.3 is 85.0 Å². The Hall–Kier alpha value is -5.18. The minimum atomic E-state index is -1.69. The Balaban J connectivity index is 1.12. The zero-order valence-electron chi connectivity index (χ0n) is 29.8. The van der Waals surface area contributed by atoms with E-state index in [1.165, 1.54) is 36.4 Å². The maximum atomic E-state index is 11.4. The molecule has 12 N–H and O–H groups in total. The van der Waals surface area contributed by atoms with Crippen LogP contribution in [0.1, 0.15) is 39.8 Å². The van der Waals surface area contributed by atoms with Crippen LogP contribution in [0.3, 0.4) is 0 Å². The van der Waals surface area contributed by atoms with Gasteiger partial charge in [-0.1, -0.05) is 24.3 Å². The highest BCUT2D eigenvalue weighted by Crippen LogP contribution is 2.55. The van der Waals surface area contributed by atoms with E-state index in [9.17, 15) is 61.3 Å². The Morgan fingerprint density at radius 1 is 0.544 bits per heavy atom. The molecule has 12 atom stereocenters. The number of hydrogen-bond acceptors (Lipinski definition) is 17. The summed E-state index contributed by atoms with van der Waals surface area (Å²) in [6.45, 7) is -1.26. The van der Waals surface area contributed by atoms with Crippen molar-refractivity contribution in [3.8, 4) is 40.2 Å². The summed E-state index contributed by atoms with van der Waals surface area (Å²) in [6, 6.07) is 17.7. The van der Waals surface area contributed by atoms with E-state index in [1.807, 2.05) is 0 Å². The number of phenols is 4. The highest BCUT2D eigenvalue weighted by molar-refractivity contribution is 5.73. The molecule has 3 aliphatic rings. The Labute approximate surface area is 324 Å². The normalized spacial score (nSPS) is 31.2. The maximum absolute atomic E-state index is 11.4. The first-order chi connectivity index (χ1) is 27.3. The van der Waals surface area contributed by atoms with Gasteiger partial charge in [0.25, 0.3) is 0 Å². The first-order valence-electron chi connectivity index (χ1n) is 17.9. The summed E-state index contributed by atoms with van der Waals surface area (Å²) in [7, 11) is 0. The minimum absolute atomic E-state index is 0.00797. The molecule has 4 aromatic carbocycles. The van der Waals surface area contributed by atoms with E-state index >= 15 is 0 Å². The van der Waals surface area contributed by atoms with Crippen LogP contribution in [-0.4, -0.2) is 136 Å². The number of aliphatic hydroxyl groups is 8. The third kappa shape index (κ3) is 8.03. The summed E-state index contributed by atoms with van der Waals surface area (Å²) in [5.41, 5.74) is 2.07. The maximum Gasteiger partial charge on any atom is 0.229 e. The molecule has 57 heavy (non-hydrogen) atoms. The molecule has 0 amide bonds. The molecule has 304 valence electrons. The van der Waals surface area contributed by atoms with Gasteiger partial charge in [-0.25, -0.2) is 0 Å². The monoisotopic (exact) mass is 794 g/mol. The number of aromatic hydroxyl groups is 4. The van der Waals surface area contributed by atoms with Gasteiger partial charge in [0.2, 0.25) is 12.6 Å². The molecule has 0 aromatic heterocycles. The lowest BCUT2D eigenvalue weighted by Crippen LogP contribution is -2.60. The van der Waals surface area contributed by atoms with Crippen LogP contribution in [0.25, 0.3) is 12.2 Å². The number of benzene rings is 4. The lowest BCUT2D eigenvalue weighted by Gasteiger charge is -2.39. The second-order valence-corrected chi connectivity index (χ2v) is 14.0. The fourth-order valence-electron chi connectivity index (χ4n) is 7.16. The van der Waals surface area contributed by atoms with Gasteiger partial charge in [0.15, 0.2) is 0 Å². The molecule has 0 unspecified atom stereocenters. The average Bonchev–Trinajstić information content (AvgIpc) is 3.57. The van der Waals surface area contributed by atoms with Gasteiger partial charge in [0.05, 0.1) is 19.1 Å². The molecule has 0 spiro atoms. The van der Waals surface area contributed by atoms with Crippen LogP contribution >= 0.6 is 0 Å². The highest BCUT2D eigenvalue weighted by atomic mass is 16.7. The van der Waals surface area contributed by atoms with Gasteiger partial charge in [-0.2, -0.15) is 0 Å². The smallest absolute Gasteiger partial charge is 0.229 e. The van der Waals surface area contributed by atoms with Gasteiger partial charge in [0.1, 0.15) is 95.2 Å². The van der Waals surface area contributed by atoms with Crippen molar-refractivity contribution in [2.45, 2.75) is 73.4 Å². The van der Waals surface area contributed by atoms with Crippen molar-refractivity contribution in [2.75, 3.05) is 13.2 Å². The molecule has 0 radical (unpaired) electrons. The number of ether oxygens (including phenoxy) is 5. The lowest BCUT2D eigenvalue weighted by molar-refractivity contribution is -0.277. The molecule has 2 fully saturated rings. The second kappa shape index (κ2) is 16.4. The molecular formula is C40H42O17. The first kappa shape index (κ1) is 40.0. The molecule has 0 saturated carbocycles. The molecule has 3 aliphatic heterocycles. The number of aliphatic hydroxyl groups excluding tert-OH is 8. The predicted molar refractivity (Wildman–Crippen MR) is 195 cm³/mol. The fraction of sp³-hybridized carbons (Fsp3) is 0.350. The fourth-order valence-corrected chi connectivity index (χ4v) is 7.16. The predicted octanol–water partition coefficient (Wildman–Crippen LogP) is 0.302. The summed E-state index contributed by atoms with van der Waals surface area (Å²) in [5.74, 6) is -1.41. The van der Waals surface area contributed by atoms with E-state index in [0.29, 0.717) is 22.3 Å². The number of hydrogen-bond donors (Lipinski definition) is 12. The molecule has 3 heterocycles. The van der Waals surface area contributed by atoms with Crippen LogP contribution < -0.4 is 14.2 Å². The molecule has 2 saturated heterocycles. The molecule has 7 rings (SSSR count). The minimum Gasteiger partial charge on any atom is -0.508 e. The van der Waals surface area contributed by atoms with E-state index in [2.05, 4.69) is 0 Å². The highest BCUT2D eigenvalue weighted by Gasteiger charge is 2.46. The van der Waals surface area contributed by atoms with Crippen LogP contribution in [0.2, 0.25) is 0 Å². The first-order valence-corrected chi connectivity index (χ1v) is 17.9. The lowest BCUT2D eigenvalue weighted by atomic mass is 9.84. The van der Waals surface area contributed by atoms with Gasteiger partial charge in [-0.15, -0.1) is 0 Å². The average molecular weight is 795 g/mol. The van der Waals surface area contributed by atoms with Gasteiger partial charge in [-0.3, -0.25) is 0 Å². The standard InChI is InChI=1S/C40H42O17/c41-15-28-32(47)34(49)36(51)39(56-28)53-22-5-3-17(4-6-22)1-2-18-9-26(46)31-27(10-18)55-38(30(31)19-11-20(43)13-21(44)12-19)24-8-7-23(14-25(24)45)54-40-37(52)35(50)33(48)29(16-42)57-40/h1-14,28-30,32-52H,15-16H2/b2-1+/t28-,29-,30-,32-,33-,34+,35+,36-,37-,38+,39-,40-/m1/s1. The third-order valence-electron chi connectivity index (χ3n) is 10.2. The van der Waals surface area contributed by atoms with Crippen molar-refractivity contribution >= 4 is 12.2 Å². The molecule has 0 aliphatic carbocycles. The topological polar surface area (TPSA) is 289 Å². The van der Waals surface area contributed by atoms with E-state index in [-0.39, 0.29) is 45.8 Å². The van der Waals surface area contributed by atoms with Crippen molar-refractivity contribution in [2.24, 2.45) is 0 Å². The van der Waals surface area contributed by atoms with Gasteiger partial charge in [0, 0.05) is 23.3 Å². The van der Waals surface area contributed by atoms with Crippen LogP contribution in [0.15, 0.2) is 72.8 Å². The molecule has 0 bridgehead atoms. The number of rotatable bonds is 10. The van der Waals surface area contributed by atoms with Crippen molar-refractivity contribution in [1.82, 2.24) is 0 Å². The molecular weight excluding hydrogens is 752 g/mol. The van der Waals surface area contributed by atoms with Crippen molar-refractivity contribution in [3.05, 3.63) is 101 Å². The summed E-state index contributed by atoms with van der Waals surface area (Å²) >= 11 is 0. The Morgan fingerprint density at radius 3 is 1.65 bits per heavy atom. The van der Waals surface area contributed by atoms with E-state index in [0.717, 1.165) is 6.07 Å². The largest absolute Gasteiger partial charge is 0.508 e. The van der Waals surface area contributed by atoms with Crippen LogP contribution in [0.5, 0.6) is 40.2 Å². The van der Waals surface area contributed by atoms with Crippen LogP contribution in [-0.2, 0) is 9.47 Å². The van der Waals surface area contributed by atoms with Crippen LogP contribution in [0, 0.1) is 0 Å². The quantitative estimate of drug-likeness (QED) is 0.0962. The van der Waals surface area contributed by atoms with E-state index < -0.39 is 86.6 Å².